The van der Waals surface area contributed by atoms with E-state index >= 15 is 0 Å². The molecule has 0 bridgehead atoms. The molecule has 2 aromatic heterocycles. The average Bonchev–Trinajstić information content (AvgIpc) is 2.96. The first-order valence-corrected chi connectivity index (χ1v) is 7.20. The van der Waals surface area contributed by atoms with Crippen LogP contribution in [-0.2, 0) is 0 Å². The fourth-order valence-electron chi connectivity index (χ4n) is 2.72. The Morgan fingerprint density at radius 3 is 2.30 bits per heavy atom. The average molecular weight is 303 g/mol. The molecular formula is C18H13N3O2. The van der Waals surface area contributed by atoms with Crippen LogP contribution in [0.25, 0.3) is 27.8 Å². The van der Waals surface area contributed by atoms with Gasteiger partial charge in [-0.25, -0.2) is 4.68 Å². The number of fused-ring (bicyclic) bond motifs is 1. The van der Waals surface area contributed by atoms with Gasteiger partial charge in [0.15, 0.2) is 5.88 Å². The maximum absolute atomic E-state index is 12.4. The normalized spacial score (nSPS) is 11.0. The molecule has 0 unspecified atom stereocenters. The molecule has 4 rings (SSSR count). The van der Waals surface area contributed by atoms with E-state index in [0.717, 1.165) is 11.3 Å². The van der Waals surface area contributed by atoms with Gasteiger partial charge in [0.05, 0.1) is 16.8 Å². The number of rotatable bonds is 2. The van der Waals surface area contributed by atoms with Crippen LogP contribution in [0.2, 0.25) is 0 Å². The van der Waals surface area contributed by atoms with Gasteiger partial charge in [-0.1, -0.05) is 48.5 Å². The van der Waals surface area contributed by atoms with Crippen molar-refractivity contribution in [2.75, 3.05) is 0 Å². The van der Waals surface area contributed by atoms with Gasteiger partial charge >= 0.3 is 0 Å². The number of benzene rings is 2. The van der Waals surface area contributed by atoms with Crippen molar-refractivity contribution >= 4 is 10.9 Å². The molecule has 0 spiro atoms. The first kappa shape index (κ1) is 13.3. The number of nitrogens with one attached hydrogen (secondary N) is 1. The molecule has 4 aromatic rings. The third-order valence-corrected chi connectivity index (χ3v) is 3.70. The highest BCUT2D eigenvalue weighted by Crippen LogP contribution is 2.29. The van der Waals surface area contributed by atoms with E-state index in [2.05, 4.69) is 10.1 Å². The molecule has 0 amide bonds. The van der Waals surface area contributed by atoms with E-state index in [4.69, 9.17) is 0 Å². The van der Waals surface area contributed by atoms with Crippen LogP contribution in [0.4, 0.5) is 0 Å². The van der Waals surface area contributed by atoms with Crippen molar-refractivity contribution < 1.29 is 5.11 Å². The lowest BCUT2D eigenvalue weighted by atomic mass is 10.1. The molecule has 2 N–H and O–H groups in total. The topological polar surface area (TPSA) is 70.9 Å². The number of pyridine rings is 1. The molecule has 0 radical (unpaired) electrons. The summed E-state index contributed by atoms with van der Waals surface area (Å²) in [6.45, 7) is 0. The van der Waals surface area contributed by atoms with Crippen molar-refractivity contribution in [1.29, 1.82) is 0 Å². The second kappa shape index (κ2) is 5.14. The lowest BCUT2D eigenvalue weighted by Gasteiger charge is -2.07. The number of hydrogen-bond donors (Lipinski definition) is 2. The number of nitrogens with zero attached hydrogens (tertiary/aromatic N) is 2. The Bertz CT molecular complexity index is 1030. The highest BCUT2D eigenvalue weighted by molar-refractivity contribution is 5.93. The van der Waals surface area contributed by atoms with E-state index in [0.29, 0.717) is 16.6 Å². The molecule has 0 fully saturated rings. The van der Waals surface area contributed by atoms with E-state index in [1.54, 1.807) is 4.68 Å². The van der Waals surface area contributed by atoms with E-state index in [9.17, 15) is 9.90 Å². The predicted octanol–water partition coefficient (Wildman–Crippen LogP) is 3.09. The van der Waals surface area contributed by atoms with Crippen LogP contribution in [0.3, 0.4) is 0 Å². The Morgan fingerprint density at radius 2 is 1.61 bits per heavy atom. The van der Waals surface area contributed by atoms with Gasteiger partial charge in [0.25, 0.3) is 5.56 Å². The van der Waals surface area contributed by atoms with Crippen molar-refractivity contribution in [1.82, 2.24) is 14.8 Å². The van der Waals surface area contributed by atoms with Crippen LogP contribution >= 0.6 is 0 Å². The molecule has 0 atom stereocenters. The largest absolute Gasteiger partial charge is 0.494 e. The minimum absolute atomic E-state index is 0.195. The van der Waals surface area contributed by atoms with Gasteiger partial charge in [0.1, 0.15) is 5.52 Å². The Balaban J connectivity index is 2.14. The second-order valence-corrected chi connectivity index (χ2v) is 5.21. The molecule has 112 valence electrons. The number of para-hydroxylation sites is 1. The monoisotopic (exact) mass is 303 g/mol. The lowest BCUT2D eigenvalue weighted by molar-refractivity contribution is 0.453. The quantitative estimate of drug-likeness (QED) is 0.598. The van der Waals surface area contributed by atoms with Crippen molar-refractivity contribution in [2.24, 2.45) is 0 Å². The summed E-state index contributed by atoms with van der Waals surface area (Å²) in [4.78, 5) is 14.8. The fraction of sp³-hybridized carbons (Fsp3) is 0. The smallest absolute Gasteiger partial charge is 0.262 e. The van der Waals surface area contributed by atoms with Crippen LogP contribution in [0.15, 0.2) is 71.5 Å². The third-order valence-electron chi connectivity index (χ3n) is 3.70. The summed E-state index contributed by atoms with van der Waals surface area (Å²) in [7, 11) is 0. The summed E-state index contributed by atoms with van der Waals surface area (Å²) in [6, 6.07) is 20.7. The summed E-state index contributed by atoms with van der Waals surface area (Å²) in [6.07, 6.45) is 0. The summed E-state index contributed by atoms with van der Waals surface area (Å²) in [5, 5.41) is 14.6. The first-order valence-electron chi connectivity index (χ1n) is 7.20. The minimum atomic E-state index is -0.360. The van der Waals surface area contributed by atoms with Crippen molar-refractivity contribution in [2.45, 2.75) is 0 Å². The highest BCUT2D eigenvalue weighted by Gasteiger charge is 2.18. The van der Waals surface area contributed by atoms with Gasteiger partial charge in [-0.15, -0.1) is 0 Å². The lowest BCUT2D eigenvalue weighted by Crippen LogP contribution is -2.06. The summed E-state index contributed by atoms with van der Waals surface area (Å²) in [5.74, 6) is -0.195. The number of hydrogen-bond acceptors (Lipinski definition) is 3. The van der Waals surface area contributed by atoms with Crippen LogP contribution in [0.1, 0.15) is 0 Å². The van der Waals surface area contributed by atoms with Gasteiger partial charge in [0, 0.05) is 11.6 Å². The highest BCUT2D eigenvalue weighted by atomic mass is 16.3. The summed E-state index contributed by atoms with van der Waals surface area (Å²) >= 11 is 0. The van der Waals surface area contributed by atoms with E-state index in [1.165, 1.54) is 6.07 Å². The van der Waals surface area contributed by atoms with Gasteiger partial charge in [-0.2, -0.15) is 5.10 Å². The van der Waals surface area contributed by atoms with Crippen LogP contribution in [0.5, 0.6) is 5.88 Å². The molecule has 0 aliphatic rings. The maximum Gasteiger partial charge on any atom is 0.262 e. The van der Waals surface area contributed by atoms with Crippen LogP contribution in [0, 0.1) is 0 Å². The third kappa shape index (κ3) is 2.19. The molecule has 2 heterocycles. The summed E-state index contributed by atoms with van der Waals surface area (Å²) in [5.41, 5.74) is 2.53. The number of aromatic amines is 1. The van der Waals surface area contributed by atoms with Crippen molar-refractivity contribution in [3.05, 3.63) is 77.1 Å². The SMILES string of the molecule is O=c1[nH]c(O)cc2nn(-c3ccccc3)c(-c3ccccc3)c12. The second-order valence-electron chi connectivity index (χ2n) is 5.21. The predicted molar refractivity (Wildman–Crippen MR) is 88.8 cm³/mol. The maximum atomic E-state index is 12.4. The molecule has 5 heteroatoms. The zero-order valence-corrected chi connectivity index (χ0v) is 12.1. The molecule has 0 aliphatic heterocycles. The Labute approximate surface area is 131 Å². The minimum Gasteiger partial charge on any atom is -0.494 e. The molecular weight excluding hydrogens is 290 g/mol. The molecule has 2 aromatic carbocycles. The number of aromatic nitrogens is 3. The van der Waals surface area contributed by atoms with Gasteiger partial charge < -0.3 is 5.11 Å². The van der Waals surface area contributed by atoms with Crippen molar-refractivity contribution in [3.63, 3.8) is 0 Å². The molecule has 0 saturated heterocycles. The fourth-order valence-corrected chi connectivity index (χ4v) is 2.72. The zero-order valence-electron chi connectivity index (χ0n) is 12.1. The van der Waals surface area contributed by atoms with E-state index < -0.39 is 0 Å². The van der Waals surface area contributed by atoms with Crippen molar-refractivity contribution in [3.8, 4) is 22.8 Å². The molecule has 5 nitrogen and oxygen atoms in total. The number of aromatic hydroxyl groups is 1. The van der Waals surface area contributed by atoms with Gasteiger partial charge in [0.2, 0.25) is 0 Å². The van der Waals surface area contributed by atoms with E-state index in [-0.39, 0.29) is 11.4 Å². The van der Waals surface area contributed by atoms with Crippen LogP contribution in [-0.4, -0.2) is 19.9 Å². The first-order chi connectivity index (χ1) is 11.2. The Hall–Kier alpha value is -3.34. The zero-order chi connectivity index (χ0) is 15.8. The molecule has 23 heavy (non-hydrogen) atoms. The Morgan fingerprint density at radius 1 is 0.957 bits per heavy atom. The number of H-pyrrole nitrogens is 1. The van der Waals surface area contributed by atoms with Gasteiger partial charge in [-0.3, -0.25) is 9.78 Å². The molecule has 0 aliphatic carbocycles. The summed E-state index contributed by atoms with van der Waals surface area (Å²) < 4.78 is 1.73. The Kier molecular flexibility index (Phi) is 2.98. The standard InChI is InChI=1S/C18H13N3O2/c22-15-11-14-16(18(23)19-15)17(12-7-3-1-4-8-12)21(20-14)13-9-5-2-6-10-13/h1-11,22H,(H,19,23). The molecule has 0 saturated carbocycles. The van der Waals surface area contributed by atoms with E-state index in [1.807, 2.05) is 60.7 Å². The van der Waals surface area contributed by atoms with Gasteiger partial charge in [-0.05, 0) is 12.1 Å². The van der Waals surface area contributed by atoms with Crippen LogP contribution < -0.4 is 5.56 Å².